The van der Waals surface area contributed by atoms with E-state index in [-0.39, 0.29) is 30.6 Å². The van der Waals surface area contributed by atoms with Crippen LogP contribution in [0, 0.1) is 11.7 Å². The third-order valence-electron chi connectivity index (χ3n) is 4.44. The lowest BCUT2D eigenvalue weighted by Gasteiger charge is -2.31. The molecule has 0 spiro atoms. The largest absolute Gasteiger partial charge is 0.354 e. The Morgan fingerprint density at radius 3 is 2.62 bits per heavy atom. The Bertz CT molecular complexity index is 557. The van der Waals surface area contributed by atoms with Crippen LogP contribution in [0.1, 0.15) is 25.3 Å². The van der Waals surface area contributed by atoms with Crippen molar-refractivity contribution in [2.45, 2.75) is 26.2 Å². The summed E-state index contributed by atoms with van der Waals surface area (Å²) in [6.45, 7) is 6.03. The first-order valence-electron chi connectivity index (χ1n) is 8.57. The van der Waals surface area contributed by atoms with Gasteiger partial charge in [0.1, 0.15) is 5.82 Å². The zero-order valence-electron chi connectivity index (χ0n) is 14.2. The highest BCUT2D eigenvalue weighted by atomic mass is 19.1. The van der Waals surface area contributed by atoms with Crippen LogP contribution in [0.4, 0.5) is 4.39 Å². The minimum atomic E-state index is -0.368. The van der Waals surface area contributed by atoms with E-state index in [1.165, 1.54) is 12.1 Å². The Morgan fingerprint density at radius 1 is 1.21 bits per heavy atom. The van der Waals surface area contributed by atoms with Crippen molar-refractivity contribution in [2.75, 3.05) is 32.7 Å². The van der Waals surface area contributed by atoms with Gasteiger partial charge in [-0.3, -0.25) is 9.59 Å². The van der Waals surface area contributed by atoms with Crippen LogP contribution in [0.3, 0.4) is 0 Å². The number of carbonyl (C=O) groups excluding carboxylic acids is 2. The van der Waals surface area contributed by atoms with Crippen LogP contribution in [-0.4, -0.2) is 49.4 Å². The molecule has 1 heterocycles. The number of nitrogens with zero attached hydrogens (tertiary/aromatic N) is 1. The molecule has 0 radical (unpaired) electrons. The lowest BCUT2D eigenvalue weighted by atomic mass is 9.97. The molecule has 0 unspecified atom stereocenters. The molecule has 0 aromatic heterocycles. The fourth-order valence-electron chi connectivity index (χ4n) is 2.90. The standard InChI is InChI=1S/C18H26FN3O2/c1-2-22-8-6-14(7-9-22)12-20-18(24)13-21-17(23)11-15-4-3-5-16(19)10-15/h3-5,10,14H,2,6-9,11-13H2,1H3,(H,20,24)(H,21,23). The fourth-order valence-corrected chi connectivity index (χ4v) is 2.90. The molecule has 0 bridgehead atoms. The number of halogens is 1. The van der Waals surface area contributed by atoms with Gasteiger partial charge in [0, 0.05) is 6.54 Å². The van der Waals surface area contributed by atoms with Gasteiger partial charge >= 0.3 is 0 Å². The molecule has 1 aromatic rings. The van der Waals surface area contributed by atoms with Gasteiger partial charge in [-0.25, -0.2) is 4.39 Å². The van der Waals surface area contributed by atoms with Crippen molar-refractivity contribution in [3.63, 3.8) is 0 Å². The van der Waals surface area contributed by atoms with Crippen LogP contribution >= 0.6 is 0 Å². The van der Waals surface area contributed by atoms with Crippen LogP contribution in [0.2, 0.25) is 0 Å². The maximum atomic E-state index is 13.1. The second kappa shape index (κ2) is 9.37. The molecule has 2 N–H and O–H groups in total. The molecular weight excluding hydrogens is 309 g/mol. The van der Waals surface area contributed by atoms with E-state index in [0.29, 0.717) is 18.0 Å². The van der Waals surface area contributed by atoms with Gasteiger partial charge in [0.25, 0.3) is 0 Å². The Kier molecular flexibility index (Phi) is 7.18. The number of carbonyl (C=O) groups is 2. The van der Waals surface area contributed by atoms with E-state index >= 15 is 0 Å². The number of benzene rings is 1. The highest BCUT2D eigenvalue weighted by Crippen LogP contribution is 2.15. The third-order valence-corrected chi connectivity index (χ3v) is 4.44. The van der Waals surface area contributed by atoms with Gasteiger partial charge in [-0.15, -0.1) is 0 Å². The average Bonchev–Trinajstić information content (AvgIpc) is 2.58. The highest BCUT2D eigenvalue weighted by molar-refractivity contribution is 5.85. The van der Waals surface area contributed by atoms with E-state index in [9.17, 15) is 14.0 Å². The van der Waals surface area contributed by atoms with Crippen molar-refractivity contribution in [2.24, 2.45) is 5.92 Å². The van der Waals surface area contributed by atoms with Gasteiger partial charge in [0.2, 0.25) is 11.8 Å². The summed E-state index contributed by atoms with van der Waals surface area (Å²) >= 11 is 0. The third kappa shape index (κ3) is 6.28. The van der Waals surface area contributed by atoms with Gasteiger partial charge in [0.05, 0.1) is 13.0 Å². The molecule has 1 aliphatic heterocycles. The van der Waals surface area contributed by atoms with Gasteiger partial charge in [-0.1, -0.05) is 19.1 Å². The van der Waals surface area contributed by atoms with Crippen molar-refractivity contribution in [1.29, 1.82) is 0 Å². The van der Waals surface area contributed by atoms with Crippen LogP contribution in [0.15, 0.2) is 24.3 Å². The van der Waals surface area contributed by atoms with E-state index < -0.39 is 0 Å². The smallest absolute Gasteiger partial charge is 0.239 e. The Labute approximate surface area is 142 Å². The van der Waals surface area contributed by atoms with Crippen LogP contribution in [-0.2, 0) is 16.0 Å². The molecular formula is C18H26FN3O2. The molecule has 1 aliphatic rings. The molecule has 1 saturated heterocycles. The molecule has 24 heavy (non-hydrogen) atoms. The maximum absolute atomic E-state index is 13.1. The SMILES string of the molecule is CCN1CCC(CNC(=O)CNC(=O)Cc2cccc(F)c2)CC1. The van der Waals surface area contributed by atoms with E-state index in [4.69, 9.17) is 0 Å². The first kappa shape index (κ1) is 18.4. The van der Waals surface area contributed by atoms with Crippen LogP contribution in [0.5, 0.6) is 0 Å². The predicted molar refractivity (Wildman–Crippen MR) is 91.0 cm³/mol. The molecule has 2 rings (SSSR count). The molecule has 1 fully saturated rings. The summed E-state index contributed by atoms with van der Waals surface area (Å²) in [5, 5.41) is 5.45. The maximum Gasteiger partial charge on any atom is 0.239 e. The molecule has 2 amide bonds. The number of hydrogen-bond acceptors (Lipinski definition) is 3. The Morgan fingerprint density at radius 2 is 1.96 bits per heavy atom. The van der Waals surface area contributed by atoms with Gasteiger partial charge in [-0.2, -0.15) is 0 Å². The molecule has 1 aromatic carbocycles. The minimum Gasteiger partial charge on any atom is -0.354 e. The van der Waals surface area contributed by atoms with Gasteiger partial charge in [0.15, 0.2) is 0 Å². The van der Waals surface area contributed by atoms with Gasteiger partial charge < -0.3 is 15.5 Å². The second-order valence-electron chi connectivity index (χ2n) is 6.27. The van der Waals surface area contributed by atoms with E-state index in [1.54, 1.807) is 12.1 Å². The lowest BCUT2D eigenvalue weighted by Crippen LogP contribution is -2.42. The number of likely N-dealkylation sites (tertiary alicyclic amines) is 1. The lowest BCUT2D eigenvalue weighted by molar-refractivity contribution is -0.125. The van der Waals surface area contributed by atoms with Gasteiger partial charge in [-0.05, 0) is 56.1 Å². The van der Waals surface area contributed by atoms with Crippen LogP contribution in [0.25, 0.3) is 0 Å². The highest BCUT2D eigenvalue weighted by Gasteiger charge is 2.18. The summed E-state index contributed by atoms with van der Waals surface area (Å²) in [7, 11) is 0. The second-order valence-corrected chi connectivity index (χ2v) is 6.27. The average molecular weight is 335 g/mol. The zero-order valence-corrected chi connectivity index (χ0v) is 14.2. The van der Waals surface area contributed by atoms with E-state index in [2.05, 4.69) is 22.5 Å². The summed E-state index contributed by atoms with van der Waals surface area (Å²) in [6.07, 6.45) is 2.26. The normalized spacial score (nSPS) is 15.9. The molecule has 5 nitrogen and oxygen atoms in total. The molecule has 0 atom stereocenters. The molecule has 0 saturated carbocycles. The van der Waals surface area contributed by atoms with Crippen molar-refractivity contribution in [3.8, 4) is 0 Å². The quantitative estimate of drug-likeness (QED) is 0.790. The fraction of sp³-hybridized carbons (Fsp3) is 0.556. The first-order chi connectivity index (χ1) is 11.6. The summed E-state index contributed by atoms with van der Waals surface area (Å²) in [5.41, 5.74) is 0.593. The summed E-state index contributed by atoms with van der Waals surface area (Å²) in [5.74, 6) is -0.320. The zero-order chi connectivity index (χ0) is 17.4. The van der Waals surface area contributed by atoms with Crippen molar-refractivity contribution >= 4 is 11.8 Å². The monoisotopic (exact) mass is 335 g/mol. The number of amides is 2. The summed E-state index contributed by atoms with van der Waals surface area (Å²) in [4.78, 5) is 26.0. The summed E-state index contributed by atoms with van der Waals surface area (Å²) < 4.78 is 13.1. The summed E-state index contributed by atoms with van der Waals surface area (Å²) in [6, 6.07) is 5.90. The topological polar surface area (TPSA) is 61.4 Å². The van der Waals surface area contributed by atoms with Crippen molar-refractivity contribution in [1.82, 2.24) is 15.5 Å². The molecule has 132 valence electrons. The Hall–Kier alpha value is -1.95. The van der Waals surface area contributed by atoms with E-state index in [1.807, 2.05) is 0 Å². The number of rotatable bonds is 7. The predicted octanol–water partition coefficient (Wildman–Crippen LogP) is 1.33. The minimum absolute atomic E-state index is 0.0397. The molecule has 6 heteroatoms. The number of piperidine rings is 1. The van der Waals surface area contributed by atoms with Crippen LogP contribution < -0.4 is 10.6 Å². The first-order valence-corrected chi connectivity index (χ1v) is 8.57. The van der Waals surface area contributed by atoms with Crippen molar-refractivity contribution < 1.29 is 14.0 Å². The number of hydrogen-bond donors (Lipinski definition) is 2. The number of nitrogens with one attached hydrogen (secondary N) is 2. The Balaban J connectivity index is 1.61. The van der Waals surface area contributed by atoms with E-state index in [0.717, 1.165) is 32.5 Å². The van der Waals surface area contributed by atoms with Crippen molar-refractivity contribution in [3.05, 3.63) is 35.6 Å². The molecule has 0 aliphatic carbocycles.